The predicted molar refractivity (Wildman–Crippen MR) is 63.1 cm³/mol. The van der Waals surface area contributed by atoms with Crippen LogP contribution in [0.15, 0.2) is 48.8 Å². The van der Waals surface area contributed by atoms with Gasteiger partial charge < -0.3 is 0 Å². The highest BCUT2D eigenvalue weighted by Crippen LogP contribution is 2.34. The van der Waals surface area contributed by atoms with Gasteiger partial charge in [-0.1, -0.05) is 12.1 Å². The minimum atomic E-state index is 0.433. The van der Waals surface area contributed by atoms with Crippen molar-refractivity contribution in [3.05, 3.63) is 60.2 Å². The zero-order valence-corrected chi connectivity index (χ0v) is 9.84. The lowest BCUT2D eigenvalue weighted by molar-refractivity contribution is -0.724. The molecule has 1 spiro atoms. The second-order valence-corrected chi connectivity index (χ2v) is 5.49. The van der Waals surface area contributed by atoms with Gasteiger partial charge in [0.25, 0.3) is 0 Å². The highest BCUT2D eigenvalue weighted by molar-refractivity contribution is 5.10. The Balaban J connectivity index is 1.72. The van der Waals surface area contributed by atoms with Crippen molar-refractivity contribution in [2.24, 2.45) is 5.41 Å². The van der Waals surface area contributed by atoms with E-state index in [4.69, 9.17) is 0 Å². The molecule has 4 heterocycles. The summed E-state index contributed by atoms with van der Waals surface area (Å²) in [6.45, 7) is 2.34. The van der Waals surface area contributed by atoms with Crippen LogP contribution >= 0.6 is 0 Å². The molecule has 0 unspecified atom stereocenters. The van der Waals surface area contributed by atoms with Crippen molar-refractivity contribution in [1.29, 1.82) is 0 Å². The molecule has 17 heavy (non-hydrogen) atoms. The molecule has 0 bridgehead atoms. The van der Waals surface area contributed by atoms with Gasteiger partial charge in [0.2, 0.25) is 0 Å². The molecule has 0 saturated carbocycles. The van der Waals surface area contributed by atoms with Crippen LogP contribution in [-0.2, 0) is 25.9 Å². The molecule has 2 aliphatic heterocycles. The molecule has 0 saturated heterocycles. The van der Waals surface area contributed by atoms with E-state index in [0.29, 0.717) is 5.41 Å². The summed E-state index contributed by atoms with van der Waals surface area (Å²) in [6.07, 6.45) is 6.88. The standard InChI is InChI=1S/C15H16N2/c1-3-7-16-11-15(9-13(16)5-1)10-14-6-2-4-8-17(14)12-15/h1-8H,9-12H2/q+2. The van der Waals surface area contributed by atoms with Crippen LogP contribution in [0.5, 0.6) is 0 Å². The van der Waals surface area contributed by atoms with Gasteiger partial charge in [-0.25, -0.2) is 9.13 Å². The Morgan fingerprint density at radius 3 is 1.76 bits per heavy atom. The Hall–Kier alpha value is -1.70. The van der Waals surface area contributed by atoms with Crippen molar-refractivity contribution in [2.45, 2.75) is 25.9 Å². The lowest BCUT2D eigenvalue weighted by Crippen LogP contribution is -2.41. The number of fused-ring (bicyclic) bond motifs is 2. The van der Waals surface area contributed by atoms with Crippen LogP contribution in [0, 0.1) is 5.41 Å². The van der Waals surface area contributed by atoms with E-state index in [1.807, 2.05) is 0 Å². The quantitative estimate of drug-likeness (QED) is 0.591. The summed E-state index contributed by atoms with van der Waals surface area (Å²) in [5, 5.41) is 0. The van der Waals surface area contributed by atoms with E-state index in [0.717, 1.165) is 0 Å². The van der Waals surface area contributed by atoms with Gasteiger partial charge in [0.15, 0.2) is 36.9 Å². The minimum Gasteiger partial charge on any atom is -0.202 e. The molecular formula is C15H16N2+2. The Labute approximate surface area is 101 Å². The molecule has 0 amide bonds. The fourth-order valence-corrected chi connectivity index (χ4v) is 3.48. The number of pyridine rings is 2. The molecule has 0 radical (unpaired) electrons. The zero-order chi connectivity index (χ0) is 11.3. The van der Waals surface area contributed by atoms with Crippen molar-refractivity contribution >= 4 is 0 Å². The lowest BCUT2D eigenvalue weighted by Gasteiger charge is -2.10. The molecule has 2 aromatic heterocycles. The van der Waals surface area contributed by atoms with E-state index >= 15 is 0 Å². The summed E-state index contributed by atoms with van der Waals surface area (Å²) >= 11 is 0. The van der Waals surface area contributed by atoms with Crippen molar-refractivity contribution < 1.29 is 9.13 Å². The second-order valence-electron chi connectivity index (χ2n) is 5.49. The van der Waals surface area contributed by atoms with Crippen molar-refractivity contribution in [3.8, 4) is 0 Å². The molecule has 2 nitrogen and oxygen atoms in total. The minimum absolute atomic E-state index is 0.433. The van der Waals surface area contributed by atoms with Crippen LogP contribution in [0.3, 0.4) is 0 Å². The second kappa shape index (κ2) is 3.16. The van der Waals surface area contributed by atoms with E-state index in [-0.39, 0.29) is 0 Å². The predicted octanol–water partition coefficient (Wildman–Crippen LogP) is 1.06. The van der Waals surface area contributed by atoms with Crippen molar-refractivity contribution in [1.82, 2.24) is 0 Å². The van der Waals surface area contributed by atoms with Gasteiger partial charge in [-0.3, -0.25) is 0 Å². The first-order valence-corrected chi connectivity index (χ1v) is 6.29. The summed E-state index contributed by atoms with van der Waals surface area (Å²) in [4.78, 5) is 0. The maximum atomic E-state index is 2.42. The van der Waals surface area contributed by atoms with Crippen molar-refractivity contribution in [2.75, 3.05) is 0 Å². The first-order chi connectivity index (χ1) is 8.35. The molecule has 2 aromatic rings. The number of hydrogen-bond acceptors (Lipinski definition) is 0. The van der Waals surface area contributed by atoms with Gasteiger partial charge in [0.05, 0.1) is 12.8 Å². The average Bonchev–Trinajstić information content (AvgIpc) is 2.87. The van der Waals surface area contributed by atoms with Crippen LogP contribution in [0.4, 0.5) is 0 Å². The van der Waals surface area contributed by atoms with Crippen molar-refractivity contribution in [3.63, 3.8) is 0 Å². The van der Waals surface area contributed by atoms with E-state index < -0.39 is 0 Å². The summed E-state index contributed by atoms with van der Waals surface area (Å²) in [5.41, 5.74) is 3.41. The highest BCUT2D eigenvalue weighted by Gasteiger charge is 2.52. The monoisotopic (exact) mass is 224 g/mol. The molecule has 0 aromatic carbocycles. The highest BCUT2D eigenvalue weighted by atomic mass is 15.1. The molecule has 0 N–H and O–H groups in total. The van der Waals surface area contributed by atoms with E-state index in [1.54, 1.807) is 0 Å². The van der Waals surface area contributed by atoms with Gasteiger partial charge in [-0.05, 0) is 0 Å². The molecule has 2 aliphatic rings. The van der Waals surface area contributed by atoms with Gasteiger partial charge in [0, 0.05) is 24.3 Å². The maximum Gasteiger partial charge on any atom is 0.182 e. The third kappa shape index (κ3) is 1.33. The Morgan fingerprint density at radius 1 is 0.765 bits per heavy atom. The van der Waals surface area contributed by atoms with E-state index in [2.05, 4.69) is 57.9 Å². The molecule has 0 fully saturated rings. The molecule has 2 heteroatoms. The largest absolute Gasteiger partial charge is 0.202 e. The van der Waals surface area contributed by atoms with Crippen LogP contribution < -0.4 is 9.13 Å². The van der Waals surface area contributed by atoms with E-state index in [1.165, 1.54) is 37.3 Å². The van der Waals surface area contributed by atoms with Crippen LogP contribution in [-0.4, -0.2) is 0 Å². The Kier molecular flexibility index (Phi) is 1.74. The van der Waals surface area contributed by atoms with Gasteiger partial charge in [-0.15, -0.1) is 0 Å². The topological polar surface area (TPSA) is 7.76 Å². The number of nitrogens with zero attached hydrogens (tertiary/aromatic N) is 2. The summed E-state index contributed by atoms with van der Waals surface area (Å²) in [7, 11) is 0. The smallest absolute Gasteiger partial charge is 0.182 e. The Morgan fingerprint density at radius 2 is 1.29 bits per heavy atom. The van der Waals surface area contributed by atoms with Crippen LogP contribution in [0.1, 0.15) is 11.4 Å². The van der Waals surface area contributed by atoms with Crippen LogP contribution in [0.2, 0.25) is 0 Å². The van der Waals surface area contributed by atoms with Gasteiger partial charge >= 0.3 is 0 Å². The maximum absolute atomic E-state index is 2.42. The van der Waals surface area contributed by atoms with Gasteiger partial charge in [0.1, 0.15) is 5.41 Å². The average molecular weight is 224 g/mol. The third-order valence-electron chi connectivity index (χ3n) is 4.19. The first-order valence-electron chi connectivity index (χ1n) is 6.29. The normalized spacial score (nSPS) is 19.3. The summed E-state index contributed by atoms with van der Waals surface area (Å²) < 4.78 is 4.85. The molecular weight excluding hydrogens is 208 g/mol. The molecule has 84 valence electrons. The first kappa shape index (κ1) is 9.34. The van der Waals surface area contributed by atoms with E-state index in [9.17, 15) is 0 Å². The Bertz CT molecular complexity index is 482. The number of hydrogen-bond donors (Lipinski definition) is 0. The fraction of sp³-hybridized carbons (Fsp3) is 0.333. The van der Waals surface area contributed by atoms with Crippen LogP contribution in [0.25, 0.3) is 0 Å². The molecule has 0 atom stereocenters. The summed E-state index contributed by atoms with van der Waals surface area (Å²) in [6, 6.07) is 13.1. The number of rotatable bonds is 0. The zero-order valence-electron chi connectivity index (χ0n) is 9.84. The number of aromatic nitrogens is 2. The molecule has 4 rings (SSSR count). The fourth-order valence-electron chi connectivity index (χ4n) is 3.48. The SMILES string of the molecule is c1cc[n+]2c(c1)CC1(Cc3cccc[n+]3C1)C2. The summed E-state index contributed by atoms with van der Waals surface area (Å²) in [5.74, 6) is 0. The molecule has 0 aliphatic carbocycles. The third-order valence-corrected chi connectivity index (χ3v) is 4.19. The van der Waals surface area contributed by atoms with Gasteiger partial charge in [-0.2, -0.15) is 0 Å². The lowest BCUT2D eigenvalue weighted by atomic mass is 9.84.